The van der Waals surface area contributed by atoms with Crippen LogP contribution in [0.3, 0.4) is 0 Å². The van der Waals surface area contributed by atoms with Gasteiger partial charge in [-0.05, 0) is 6.92 Å². The molecule has 1 aliphatic heterocycles. The molecule has 1 fully saturated rings. The molecule has 1 saturated heterocycles. The summed E-state index contributed by atoms with van der Waals surface area (Å²) >= 11 is 0. The van der Waals surface area contributed by atoms with E-state index in [0.717, 1.165) is 0 Å². The first-order valence-corrected chi connectivity index (χ1v) is 4.15. The topological polar surface area (TPSA) is 47.9 Å². The largest absolute Gasteiger partial charge is 0.388 e. The summed E-state index contributed by atoms with van der Waals surface area (Å²) in [7, 11) is 2.71. The van der Waals surface area contributed by atoms with E-state index < -0.39 is 30.8 Å². The highest BCUT2D eigenvalue weighted by molar-refractivity contribution is 4.88. The van der Waals surface area contributed by atoms with Crippen molar-refractivity contribution in [3.8, 4) is 0 Å². The Labute approximate surface area is 76.6 Å². The maximum Gasteiger partial charge on any atom is 0.191 e. The van der Waals surface area contributed by atoms with Gasteiger partial charge in [0.25, 0.3) is 0 Å². The third-order valence-corrected chi connectivity index (χ3v) is 2.24. The first-order valence-electron chi connectivity index (χ1n) is 4.15. The maximum atomic E-state index is 13.4. The van der Waals surface area contributed by atoms with Gasteiger partial charge in [0, 0.05) is 14.2 Å². The van der Waals surface area contributed by atoms with Gasteiger partial charge in [0.05, 0.1) is 6.10 Å². The van der Waals surface area contributed by atoms with Crippen LogP contribution in [0.25, 0.3) is 0 Å². The SMILES string of the molecule is CO[C@@H]1O[C@@H](C)[C@@H](O)[C@@H](OC)[C@H]1F. The summed E-state index contributed by atoms with van der Waals surface area (Å²) in [6.07, 6.45) is -4.73. The zero-order valence-corrected chi connectivity index (χ0v) is 7.94. The summed E-state index contributed by atoms with van der Waals surface area (Å²) in [6, 6.07) is 0. The lowest BCUT2D eigenvalue weighted by molar-refractivity contribution is -0.274. The summed E-state index contributed by atoms with van der Waals surface area (Å²) in [5, 5.41) is 9.48. The average molecular weight is 194 g/mol. The fraction of sp³-hybridized carbons (Fsp3) is 1.00. The fourth-order valence-electron chi connectivity index (χ4n) is 1.43. The Balaban J connectivity index is 2.69. The van der Waals surface area contributed by atoms with E-state index in [1.807, 2.05) is 0 Å². The Bertz CT molecular complexity index is 166. The van der Waals surface area contributed by atoms with Gasteiger partial charge in [-0.25, -0.2) is 4.39 Å². The van der Waals surface area contributed by atoms with Crippen LogP contribution in [0.4, 0.5) is 4.39 Å². The van der Waals surface area contributed by atoms with Crippen LogP contribution >= 0.6 is 0 Å². The second-order valence-electron chi connectivity index (χ2n) is 3.08. The second-order valence-corrected chi connectivity index (χ2v) is 3.08. The van der Waals surface area contributed by atoms with E-state index in [4.69, 9.17) is 14.2 Å². The molecule has 1 aliphatic rings. The monoisotopic (exact) mass is 194 g/mol. The fourth-order valence-corrected chi connectivity index (χ4v) is 1.43. The molecule has 0 bridgehead atoms. The Morgan fingerprint density at radius 1 is 1.31 bits per heavy atom. The number of halogens is 1. The normalized spacial score (nSPS) is 46.4. The van der Waals surface area contributed by atoms with Gasteiger partial charge < -0.3 is 19.3 Å². The Kier molecular flexibility index (Phi) is 3.61. The van der Waals surface area contributed by atoms with Crippen molar-refractivity contribution in [1.29, 1.82) is 0 Å². The van der Waals surface area contributed by atoms with Crippen molar-refractivity contribution < 1.29 is 23.7 Å². The average Bonchev–Trinajstić information content (AvgIpc) is 2.12. The molecule has 0 spiro atoms. The van der Waals surface area contributed by atoms with E-state index in [1.165, 1.54) is 14.2 Å². The Hall–Kier alpha value is -0.230. The van der Waals surface area contributed by atoms with Gasteiger partial charge in [0.2, 0.25) is 0 Å². The van der Waals surface area contributed by atoms with Gasteiger partial charge in [-0.3, -0.25) is 0 Å². The van der Waals surface area contributed by atoms with Crippen molar-refractivity contribution in [3.05, 3.63) is 0 Å². The lowest BCUT2D eigenvalue weighted by Crippen LogP contribution is -2.56. The van der Waals surface area contributed by atoms with Gasteiger partial charge in [0.1, 0.15) is 12.2 Å². The first-order chi connectivity index (χ1) is 6.11. The quantitative estimate of drug-likeness (QED) is 0.677. The van der Waals surface area contributed by atoms with Crippen LogP contribution < -0.4 is 0 Å². The van der Waals surface area contributed by atoms with Gasteiger partial charge in [-0.1, -0.05) is 0 Å². The third-order valence-electron chi connectivity index (χ3n) is 2.24. The number of aliphatic hydroxyl groups is 1. The molecule has 0 aliphatic carbocycles. The summed E-state index contributed by atoms with van der Waals surface area (Å²) in [4.78, 5) is 0. The van der Waals surface area contributed by atoms with Gasteiger partial charge in [-0.2, -0.15) is 0 Å². The molecule has 1 heterocycles. The van der Waals surface area contributed by atoms with Crippen LogP contribution in [-0.2, 0) is 14.2 Å². The lowest BCUT2D eigenvalue weighted by atomic mass is 10.0. The summed E-state index contributed by atoms with van der Waals surface area (Å²) in [5.41, 5.74) is 0. The highest BCUT2D eigenvalue weighted by atomic mass is 19.1. The highest BCUT2D eigenvalue weighted by Gasteiger charge is 2.44. The molecule has 13 heavy (non-hydrogen) atoms. The number of hydrogen-bond donors (Lipinski definition) is 1. The van der Waals surface area contributed by atoms with Crippen molar-refractivity contribution in [1.82, 2.24) is 0 Å². The lowest BCUT2D eigenvalue weighted by Gasteiger charge is -2.38. The smallest absolute Gasteiger partial charge is 0.191 e. The predicted molar refractivity (Wildman–Crippen MR) is 43.0 cm³/mol. The summed E-state index contributed by atoms with van der Waals surface area (Å²) in [5.74, 6) is 0. The van der Waals surface area contributed by atoms with Crippen LogP contribution in [0.2, 0.25) is 0 Å². The molecule has 0 saturated carbocycles. The van der Waals surface area contributed by atoms with Crippen LogP contribution in [-0.4, -0.2) is 50.1 Å². The number of ether oxygens (including phenoxy) is 3. The van der Waals surface area contributed by atoms with Crippen molar-refractivity contribution in [2.45, 2.75) is 37.7 Å². The molecule has 0 aromatic carbocycles. The highest BCUT2D eigenvalue weighted by Crippen LogP contribution is 2.25. The number of aliphatic hydroxyl groups excluding tert-OH is 1. The Morgan fingerprint density at radius 2 is 1.92 bits per heavy atom. The number of alkyl halides is 1. The zero-order valence-electron chi connectivity index (χ0n) is 7.94. The molecular weight excluding hydrogens is 179 g/mol. The molecule has 1 N–H and O–H groups in total. The maximum absolute atomic E-state index is 13.4. The minimum absolute atomic E-state index is 0.484. The first kappa shape index (κ1) is 10.8. The van der Waals surface area contributed by atoms with E-state index in [-0.39, 0.29) is 0 Å². The van der Waals surface area contributed by atoms with Crippen LogP contribution in [0.1, 0.15) is 6.92 Å². The van der Waals surface area contributed by atoms with Gasteiger partial charge in [-0.15, -0.1) is 0 Å². The molecule has 5 heteroatoms. The Morgan fingerprint density at radius 3 is 2.38 bits per heavy atom. The third kappa shape index (κ3) is 1.99. The van der Waals surface area contributed by atoms with Crippen LogP contribution in [0.15, 0.2) is 0 Å². The molecule has 0 radical (unpaired) electrons. The number of methoxy groups -OCH3 is 2. The standard InChI is InChI=1S/C8H15FO4/c1-4-6(10)7(11-2)5(9)8(12-3)13-4/h4-8,10H,1-3H3/t4-,5+,6+,7-,8+/m0/s1. The number of hydrogen-bond acceptors (Lipinski definition) is 4. The molecule has 0 amide bonds. The van der Waals surface area contributed by atoms with E-state index in [1.54, 1.807) is 6.92 Å². The predicted octanol–water partition coefficient (Wildman–Crippen LogP) is 0.0916. The van der Waals surface area contributed by atoms with E-state index in [9.17, 15) is 9.50 Å². The van der Waals surface area contributed by atoms with E-state index in [0.29, 0.717) is 0 Å². The summed E-state index contributed by atoms with van der Waals surface area (Å²) < 4.78 is 28.1. The molecule has 0 unspecified atom stereocenters. The van der Waals surface area contributed by atoms with Gasteiger partial charge >= 0.3 is 0 Å². The minimum Gasteiger partial charge on any atom is -0.388 e. The van der Waals surface area contributed by atoms with Crippen LogP contribution in [0, 0.1) is 0 Å². The molecule has 78 valence electrons. The van der Waals surface area contributed by atoms with Crippen molar-refractivity contribution in [2.75, 3.05) is 14.2 Å². The van der Waals surface area contributed by atoms with E-state index >= 15 is 0 Å². The second kappa shape index (κ2) is 4.32. The van der Waals surface area contributed by atoms with Crippen molar-refractivity contribution in [3.63, 3.8) is 0 Å². The van der Waals surface area contributed by atoms with Crippen LogP contribution in [0.5, 0.6) is 0 Å². The molecule has 0 aromatic heterocycles. The number of rotatable bonds is 2. The molecular formula is C8H15FO4. The molecule has 1 rings (SSSR count). The minimum atomic E-state index is -1.46. The summed E-state index contributed by atoms with van der Waals surface area (Å²) in [6.45, 7) is 1.65. The molecule has 0 aromatic rings. The van der Waals surface area contributed by atoms with Crippen molar-refractivity contribution >= 4 is 0 Å². The zero-order chi connectivity index (χ0) is 10.0. The molecule has 5 atom stereocenters. The van der Waals surface area contributed by atoms with Crippen molar-refractivity contribution in [2.24, 2.45) is 0 Å². The van der Waals surface area contributed by atoms with Gasteiger partial charge in [0.15, 0.2) is 12.5 Å². The van der Waals surface area contributed by atoms with E-state index in [2.05, 4.69) is 0 Å². The molecule has 4 nitrogen and oxygen atoms in total.